The van der Waals surface area contributed by atoms with Gasteiger partial charge in [0.1, 0.15) is 11.9 Å². The van der Waals surface area contributed by atoms with E-state index in [0.29, 0.717) is 54.8 Å². The number of nitrogens with one attached hydrogen (secondary N) is 1. The van der Waals surface area contributed by atoms with E-state index < -0.39 is 29.2 Å². The lowest BCUT2D eigenvalue weighted by Gasteiger charge is -2.38. The molecule has 0 bridgehead atoms. The molecule has 5 rings (SSSR count). The summed E-state index contributed by atoms with van der Waals surface area (Å²) >= 11 is 7.81. The number of ether oxygens (including phenoxy) is 1. The topological polar surface area (TPSA) is 128 Å². The van der Waals surface area contributed by atoms with Crippen LogP contribution in [0.1, 0.15) is 30.5 Å². The number of carboxylic acids is 1. The summed E-state index contributed by atoms with van der Waals surface area (Å²) in [5, 5.41) is 15.4. The maximum atomic E-state index is 13.9. The number of carbonyl (C=O) groups is 3. The summed E-state index contributed by atoms with van der Waals surface area (Å²) in [5.41, 5.74) is 0.169. The van der Waals surface area contributed by atoms with Gasteiger partial charge < -0.3 is 25.0 Å². The van der Waals surface area contributed by atoms with Crippen molar-refractivity contribution < 1.29 is 28.6 Å². The molecule has 0 spiro atoms. The summed E-state index contributed by atoms with van der Waals surface area (Å²) < 4.78 is 19.1. The number of halogens is 2. The fourth-order valence-corrected chi connectivity index (χ4v) is 6.21. The molecular formula is C27H30ClFN6O5S. The number of benzene rings is 1. The number of aromatic nitrogens is 1. The zero-order valence-electron chi connectivity index (χ0n) is 22.8. The van der Waals surface area contributed by atoms with Crippen molar-refractivity contribution in [2.45, 2.75) is 25.9 Å². The number of rotatable bonds is 8. The van der Waals surface area contributed by atoms with Crippen LogP contribution in [0.2, 0.25) is 5.02 Å². The molecule has 2 atom stereocenters. The van der Waals surface area contributed by atoms with E-state index in [1.807, 2.05) is 5.38 Å². The van der Waals surface area contributed by atoms with Crippen LogP contribution in [-0.4, -0.2) is 101 Å². The van der Waals surface area contributed by atoms with Crippen LogP contribution in [-0.2, 0) is 14.3 Å². The number of fused-ring (bicyclic) bond motifs is 1. The number of nitrogens with zero attached hydrogens (tertiary/aromatic N) is 5. The van der Waals surface area contributed by atoms with Gasteiger partial charge in [-0.15, -0.1) is 11.3 Å². The Kier molecular flexibility index (Phi) is 8.04. The van der Waals surface area contributed by atoms with E-state index in [2.05, 4.69) is 15.2 Å². The number of urea groups is 1. The second kappa shape index (κ2) is 11.4. The quantitative estimate of drug-likeness (QED) is 0.440. The molecule has 1 aromatic carbocycles. The first-order valence-corrected chi connectivity index (χ1v) is 14.3. The molecule has 3 aliphatic rings. The van der Waals surface area contributed by atoms with Gasteiger partial charge in [-0.3, -0.25) is 14.7 Å². The average molecular weight is 605 g/mol. The molecule has 14 heteroatoms. The number of piperazine rings is 1. The molecule has 41 heavy (non-hydrogen) atoms. The molecule has 2 N–H and O–H groups in total. The number of esters is 1. The Balaban J connectivity index is 1.44. The van der Waals surface area contributed by atoms with Crippen molar-refractivity contribution in [3.63, 3.8) is 0 Å². The maximum Gasteiger partial charge on any atom is 0.338 e. The van der Waals surface area contributed by atoms with Crippen LogP contribution in [0.15, 0.2) is 46.0 Å². The molecule has 0 saturated carbocycles. The Morgan fingerprint density at radius 3 is 2.73 bits per heavy atom. The highest BCUT2D eigenvalue weighted by Crippen LogP contribution is 2.37. The third-order valence-electron chi connectivity index (χ3n) is 7.48. The first-order chi connectivity index (χ1) is 19.5. The lowest BCUT2D eigenvalue weighted by molar-refractivity contribution is -0.147. The van der Waals surface area contributed by atoms with Crippen molar-refractivity contribution in [2.75, 3.05) is 46.4 Å². The third-order valence-corrected chi connectivity index (χ3v) is 8.59. The van der Waals surface area contributed by atoms with Crippen LogP contribution in [0.25, 0.3) is 0 Å². The maximum absolute atomic E-state index is 13.9. The number of hydrogen-bond acceptors (Lipinski definition) is 9. The van der Waals surface area contributed by atoms with Crippen LogP contribution < -0.4 is 5.32 Å². The van der Waals surface area contributed by atoms with Crippen LogP contribution in [0.4, 0.5) is 9.18 Å². The number of carboxylic acid groups (broad SMARTS) is 1. The van der Waals surface area contributed by atoms with Gasteiger partial charge in [0.25, 0.3) is 0 Å². The van der Waals surface area contributed by atoms with E-state index in [4.69, 9.17) is 21.3 Å². The van der Waals surface area contributed by atoms with Gasteiger partial charge in [0.2, 0.25) is 0 Å². The highest BCUT2D eigenvalue weighted by atomic mass is 35.5. The molecule has 1 aromatic heterocycles. The highest BCUT2D eigenvalue weighted by Gasteiger charge is 2.44. The first kappa shape index (κ1) is 29.0. The molecule has 3 aliphatic heterocycles. The minimum atomic E-state index is -1.07. The smallest absolute Gasteiger partial charge is 0.338 e. The van der Waals surface area contributed by atoms with E-state index in [-0.39, 0.29) is 29.2 Å². The molecule has 0 radical (unpaired) electrons. The predicted molar refractivity (Wildman–Crippen MR) is 150 cm³/mol. The van der Waals surface area contributed by atoms with Gasteiger partial charge in [-0.1, -0.05) is 17.7 Å². The van der Waals surface area contributed by atoms with E-state index in [1.165, 1.54) is 36.6 Å². The lowest BCUT2D eigenvalue weighted by Crippen LogP contribution is -2.53. The van der Waals surface area contributed by atoms with Crippen molar-refractivity contribution in [2.24, 2.45) is 10.4 Å². The number of methoxy groups -OCH3 is 1. The van der Waals surface area contributed by atoms with Crippen LogP contribution >= 0.6 is 22.9 Å². The van der Waals surface area contributed by atoms with Crippen molar-refractivity contribution in [1.29, 1.82) is 0 Å². The summed E-state index contributed by atoms with van der Waals surface area (Å²) in [5.74, 6) is -1.62. The van der Waals surface area contributed by atoms with E-state index in [0.717, 1.165) is 0 Å². The summed E-state index contributed by atoms with van der Waals surface area (Å²) in [6.45, 7) is 5.53. The summed E-state index contributed by atoms with van der Waals surface area (Å²) in [6.07, 6.45) is 1.65. The number of amidine groups is 1. The summed E-state index contributed by atoms with van der Waals surface area (Å²) in [7, 11) is 1.28. The van der Waals surface area contributed by atoms with Crippen LogP contribution in [0, 0.1) is 11.2 Å². The normalized spacial score (nSPS) is 21.5. The van der Waals surface area contributed by atoms with Gasteiger partial charge in [-0.2, -0.15) is 0 Å². The molecule has 2 aromatic rings. The Morgan fingerprint density at radius 1 is 1.29 bits per heavy atom. The Bertz CT molecular complexity index is 1430. The second-order valence-corrected chi connectivity index (χ2v) is 12.1. The van der Waals surface area contributed by atoms with Gasteiger partial charge in [-0.05, 0) is 26.0 Å². The molecular weight excluding hydrogens is 575 g/mol. The average Bonchev–Trinajstić information content (AvgIpc) is 3.56. The zero-order valence-corrected chi connectivity index (χ0v) is 24.3. The largest absolute Gasteiger partial charge is 0.481 e. The number of thiazole rings is 1. The molecule has 2 saturated heterocycles. The molecule has 11 nitrogen and oxygen atoms in total. The predicted octanol–water partition coefficient (Wildman–Crippen LogP) is 2.99. The monoisotopic (exact) mass is 604 g/mol. The fraction of sp³-hybridized carbons (Fsp3) is 0.444. The van der Waals surface area contributed by atoms with Gasteiger partial charge in [0.05, 0.1) is 24.1 Å². The van der Waals surface area contributed by atoms with E-state index in [9.17, 15) is 23.9 Å². The van der Waals surface area contributed by atoms with Crippen molar-refractivity contribution in [1.82, 2.24) is 25.0 Å². The zero-order chi connectivity index (χ0) is 29.5. The van der Waals surface area contributed by atoms with Crippen molar-refractivity contribution >= 4 is 46.7 Å². The lowest BCUT2D eigenvalue weighted by atomic mass is 9.93. The van der Waals surface area contributed by atoms with Gasteiger partial charge in [0.15, 0.2) is 10.8 Å². The fourth-order valence-electron chi connectivity index (χ4n) is 5.35. The number of amides is 2. The Hall–Kier alpha value is -3.55. The molecule has 218 valence electrons. The standard InChI is InChI=1S/C27H30ClFN6O5S/c1-27(2,25(37)38)14-34-12-16-11-33(7-8-35(16)26(34)39)13-19-20(24(36)40-3)21(17-5-4-15(29)10-18(17)28)32-22(31-19)23-30-6-9-41-23/h4-6,9-10,16,21H,7-8,11-14H2,1-3H3,(H,31,32)(H,37,38)/t16-,21+/m1/s1. The van der Waals surface area contributed by atoms with Crippen LogP contribution in [0.5, 0.6) is 0 Å². The number of aliphatic carboxylic acids is 1. The first-order valence-electron chi connectivity index (χ1n) is 13.0. The second-order valence-electron chi connectivity index (χ2n) is 10.8. The van der Waals surface area contributed by atoms with Gasteiger partial charge in [-0.25, -0.2) is 19.0 Å². The number of carbonyl (C=O) groups excluding carboxylic acids is 2. The molecule has 2 amide bonds. The molecule has 4 heterocycles. The van der Waals surface area contributed by atoms with E-state index >= 15 is 0 Å². The van der Waals surface area contributed by atoms with Gasteiger partial charge in [0, 0.05) is 67.1 Å². The molecule has 0 aliphatic carbocycles. The van der Waals surface area contributed by atoms with Crippen LogP contribution in [0.3, 0.4) is 0 Å². The SMILES string of the molecule is COC(=O)C1=C(CN2CCN3C(=O)N(CC(C)(C)C(=O)O)C[C@H]3C2)NC(c2nccs2)=N[C@H]1c1ccc(F)cc1Cl. The van der Waals surface area contributed by atoms with Crippen molar-refractivity contribution in [3.05, 3.63) is 62.5 Å². The summed E-state index contributed by atoms with van der Waals surface area (Å²) in [6, 6.07) is 2.78. The van der Waals surface area contributed by atoms with Gasteiger partial charge >= 0.3 is 18.0 Å². The molecule has 2 fully saturated rings. The molecule has 0 unspecified atom stereocenters. The van der Waals surface area contributed by atoms with Crippen molar-refractivity contribution in [3.8, 4) is 0 Å². The van der Waals surface area contributed by atoms with E-state index in [1.54, 1.807) is 29.8 Å². The third kappa shape index (κ3) is 5.79. The Labute approximate surface area is 245 Å². The highest BCUT2D eigenvalue weighted by molar-refractivity contribution is 7.11. The minimum absolute atomic E-state index is 0.112. The number of aliphatic imine (C=N–C) groups is 1. The minimum Gasteiger partial charge on any atom is -0.481 e. The Morgan fingerprint density at radius 2 is 2.07 bits per heavy atom. The number of hydrogen-bond donors (Lipinski definition) is 2. The summed E-state index contributed by atoms with van der Waals surface area (Å²) in [4.78, 5) is 52.5.